The Morgan fingerprint density at radius 3 is 2.82 bits per heavy atom. The number of rotatable bonds is 4. The Balaban J connectivity index is 2.01. The van der Waals surface area contributed by atoms with Crippen molar-refractivity contribution in [1.82, 2.24) is 4.98 Å². The summed E-state index contributed by atoms with van der Waals surface area (Å²) in [6.07, 6.45) is 1.53. The lowest BCUT2D eigenvalue weighted by Gasteiger charge is -2.13. The number of aromatic nitrogens is 2. The van der Waals surface area contributed by atoms with Gasteiger partial charge in [0.15, 0.2) is 17.5 Å². The van der Waals surface area contributed by atoms with Crippen LogP contribution in [0.5, 0.6) is 0 Å². The molecule has 0 spiro atoms. The Labute approximate surface area is 131 Å². The summed E-state index contributed by atoms with van der Waals surface area (Å²) in [6, 6.07) is 7.46. The molecule has 0 aliphatic rings. The molecule has 0 unspecified atom stereocenters. The summed E-state index contributed by atoms with van der Waals surface area (Å²) >= 11 is 5.82. The summed E-state index contributed by atoms with van der Waals surface area (Å²) in [5.74, 6) is -1.48. The summed E-state index contributed by atoms with van der Waals surface area (Å²) in [5.41, 5.74) is 0.0947. The fourth-order valence-corrected chi connectivity index (χ4v) is 1.74. The predicted octanol–water partition coefficient (Wildman–Crippen LogP) is 1.55. The molecule has 0 saturated carbocycles. The van der Waals surface area contributed by atoms with Gasteiger partial charge < -0.3 is 15.3 Å². The van der Waals surface area contributed by atoms with E-state index in [1.807, 2.05) is 0 Å². The highest BCUT2D eigenvalue weighted by Gasteiger charge is 2.24. The molecule has 114 valence electrons. The Hall–Kier alpha value is -2.67. The number of esters is 1. The Morgan fingerprint density at radius 1 is 1.36 bits per heavy atom. The maximum atomic E-state index is 12.0. The number of halogens is 1. The van der Waals surface area contributed by atoms with Gasteiger partial charge >= 0.3 is 11.7 Å². The van der Waals surface area contributed by atoms with Gasteiger partial charge in [0.25, 0.3) is 5.91 Å². The largest absolute Gasteiger partial charge is 0.618 e. The van der Waals surface area contributed by atoms with Crippen LogP contribution in [0.1, 0.15) is 17.4 Å². The molecule has 0 aliphatic heterocycles. The standard InChI is InChI=1S/C14H12ClN3O4/c1-9(13(19)17-10-5-4-7-16-12(10)15)22-14(20)11-6-2-3-8-18(11)21/h2-9H,1H3,(H,17,19)/t9-/m1/s1. The molecule has 1 atom stereocenters. The molecular weight excluding hydrogens is 310 g/mol. The zero-order valence-corrected chi connectivity index (χ0v) is 12.3. The lowest BCUT2D eigenvalue weighted by Crippen LogP contribution is -2.37. The van der Waals surface area contributed by atoms with Crippen LogP contribution in [0.2, 0.25) is 5.15 Å². The Kier molecular flexibility index (Phi) is 4.90. The first-order chi connectivity index (χ1) is 10.5. The molecule has 2 aromatic heterocycles. The lowest BCUT2D eigenvalue weighted by atomic mass is 10.3. The van der Waals surface area contributed by atoms with Gasteiger partial charge in [0, 0.05) is 18.3 Å². The molecule has 8 heteroatoms. The second kappa shape index (κ2) is 6.86. The third-order valence-corrected chi connectivity index (χ3v) is 3.00. The van der Waals surface area contributed by atoms with E-state index in [9.17, 15) is 14.8 Å². The van der Waals surface area contributed by atoms with Gasteiger partial charge in [0.05, 0.1) is 5.69 Å². The molecule has 2 heterocycles. The number of hydrogen-bond acceptors (Lipinski definition) is 5. The van der Waals surface area contributed by atoms with E-state index in [0.29, 0.717) is 10.4 Å². The fourth-order valence-electron chi connectivity index (χ4n) is 1.57. The molecule has 0 bridgehead atoms. The van der Waals surface area contributed by atoms with Gasteiger partial charge in [-0.15, -0.1) is 0 Å². The van der Waals surface area contributed by atoms with E-state index in [2.05, 4.69) is 10.3 Å². The monoisotopic (exact) mass is 321 g/mol. The Bertz CT molecular complexity index is 708. The van der Waals surface area contributed by atoms with Crippen LogP contribution >= 0.6 is 11.6 Å². The number of ether oxygens (including phenoxy) is 1. The summed E-state index contributed by atoms with van der Waals surface area (Å²) in [7, 11) is 0. The number of nitrogens with one attached hydrogen (secondary N) is 1. The van der Waals surface area contributed by atoms with E-state index in [1.165, 1.54) is 31.3 Å². The van der Waals surface area contributed by atoms with E-state index < -0.39 is 18.0 Å². The molecular formula is C14H12ClN3O4. The second-order valence-electron chi connectivity index (χ2n) is 4.29. The van der Waals surface area contributed by atoms with Crippen LogP contribution in [-0.4, -0.2) is 23.0 Å². The van der Waals surface area contributed by atoms with Gasteiger partial charge in [0.1, 0.15) is 0 Å². The van der Waals surface area contributed by atoms with Crippen LogP contribution in [-0.2, 0) is 9.53 Å². The minimum Gasteiger partial charge on any atom is -0.618 e. The number of carbonyl (C=O) groups is 2. The highest BCUT2D eigenvalue weighted by molar-refractivity contribution is 6.32. The summed E-state index contributed by atoms with van der Waals surface area (Å²) in [5, 5.41) is 14.0. The smallest absolute Gasteiger partial charge is 0.405 e. The number of pyridine rings is 2. The average molecular weight is 322 g/mol. The van der Waals surface area contributed by atoms with Gasteiger partial charge in [0.2, 0.25) is 0 Å². The third-order valence-electron chi connectivity index (χ3n) is 2.70. The number of amides is 1. The zero-order chi connectivity index (χ0) is 16.1. The number of anilines is 1. The number of nitrogens with zero attached hydrogens (tertiary/aromatic N) is 2. The molecule has 2 rings (SSSR count). The van der Waals surface area contributed by atoms with Gasteiger partial charge in [-0.2, -0.15) is 4.73 Å². The maximum absolute atomic E-state index is 12.0. The quantitative estimate of drug-likeness (QED) is 0.399. The van der Waals surface area contributed by atoms with Crippen LogP contribution in [0.15, 0.2) is 42.7 Å². The third kappa shape index (κ3) is 3.70. The maximum Gasteiger partial charge on any atom is 0.405 e. The van der Waals surface area contributed by atoms with Crippen molar-refractivity contribution in [2.24, 2.45) is 0 Å². The van der Waals surface area contributed by atoms with Crippen molar-refractivity contribution >= 4 is 29.2 Å². The summed E-state index contributed by atoms with van der Waals surface area (Å²) in [4.78, 5) is 27.6. The van der Waals surface area contributed by atoms with E-state index in [4.69, 9.17) is 16.3 Å². The number of carbonyl (C=O) groups excluding carboxylic acids is 2. The molecule has 0 saturated heterocycles. The van der Waals surface area contributed by atoms with Crippen LogP contribution < -0.4 is 10.0 Å². The first kappa shape index (κ1) is 15.7. The summed E-state index contributed by atoms with van der Waals surface area (Å²) in [6.45, 7) is 1.38. The van der Waals surface area contributed by atoms with Crippen molar-refractivity contribution in [2.45, 2.75) is 13.0 Å². The van der Waals surface area contributed by atoms with Gasteiger partial charge in [-0.3, -0.25) is 4.79 Å². The van der Waals surface area contributed by atoms with E-state index in [-0.39, 0.29) is 10.8 Å². The van der Waals surface area contributed by atoms with Crippen molar-refractivity contribution in [1.29, 1.82) is 0 Å². The van der Waals surface area contributed by atoms with Crippen LogP contribution in [0.3, 0.4) is 0 Å². The SMILES string of the molecule is C[C@@H](OC(=O)c1cccc[n+]1[O-])C(=O)Nc1cccnc1Cl. The molecule has 1 amide bonds. The molecule has 0 radical (unpaired) electrons. The molecule has 2 aromatic rings. The van der Waals surface area contributed by atoms with Crippen molar-refractivity contribution in [3.8, 4) is 0 Å². The zero-order valence-electron chi connectivity index (χ0n) is 11.5. The molecule has 0 aliphatic carbocycles. The average Bonchev–Trinajstić information content (AvgIpc) is 2.49. The normalized spacial score (nSPS) is 11.5. The van der Waals surface area contributed by atoms with E-state index in [1.54, 1.807) is 12.1 Å². The van der Waals surface area contributed by atoms with Crippen molar-refractivity contribution in [2.75, 3.05) is 5.32 Å². The van der Waals surface area contributed by atoms with E-state index >= 15 is 0 Å². The summed E-state index contributed by atoms with van der Waals surface area (Å²) < 4.78 is 5.32. The van der Waals surface area contributed by atoms with Crippen molar-refractivity contribution < 1.29 is 19.1 Å². The molecule has 22 heavy (non-hydrogen) atoms. The molecule has 1 N–H and O–H groups in total. The van der Waals surface area contributed by atoms with Gasteiger partial charge in [-0.25, -0.2) is 9.78 Å². The highest BCUT2D eigenvalue weighted by Crippen LogP contribution is 2.17. The fraction of sp³-hybridized carbons (Fsp3) is 0.143. The van der Waals surface area contributed by atoms with Crippen molar-refractivity contribution in [3.63, 3.8) is 0 Å². The molecule has 0 aromatic carbocycles. The van der Waals surface area contributed by atoms with Crippen molar-refractivity contribution in [3.05, 3.63) is 58.8 Å². The first-order valence-electron chi connectivity index (χ1n) is 6.29. The minimum absolute atomic E-state index is 0.120. The Morgan fingerprint density at radius 2 is 2.14 bits per heavy atom. The highest BCUT2D eigenvalue weighted by atomic mass is 35.5. The molecule has 7 nitrogen and oxygen atoms in total. The first-order valence-corrected chi connectivity index (χ1v) is 6.67. The van der Waals surface area contributed by atoms with Crippen LogP contribution in [0, 0.1) is 5.21 Å². The topological polar surface area (TPSA) is 95.2 Å². The number of hydrogen-bond donors (Lipinski definition) is 1. The van der Waals surface area contributed by atoms with Gasteiger partial charge in [-0.05, 0) is 25.1 Å². The van der Waals surface area contributed by atoms with E-state index in [0.717, 1.165) is 6.20 Å². The lowest BCUT2D eigenvalue weighted by molar-refractivity contribution is -0.608. The van der Waals surface area contributed by atoms with Gasteiger partial charge in [-0.1, -0.05) is 11.6 Å². The predicted molar refractivity (Wildman–Crippen MR) is 78.2 cm³/mol. The minimum atomic E-state index is -1.11. The second-order valence-corrected chi connectivity index (χ2v) is 4.65. The molecule has 0 fully saturated rings. The van der Waals surface area contributed by atoms with Crippen LogP contribution in [0.4, 0.5) is 5.69 Å². The van der Waals surface area contributed by atoms with Crippen LogP contribution in [0.25, 0.3) is 0 Å².